The molecular formula is C11H10F2N2S. The Labute approximate surface area is 95.7 Å². The first kappa shape index (κ1) is 11.2. The summed E-state index contributed by atoms with van der Waals surface area (Å²) in [5.74, 6) is -1.18. The van der Waals surface area contributed by atoms with E-state index >= 15 is 0 Å². The van der Waals surface area contributed by atoms with Gasteiger partial charge in [-0.3, -0.25) is 0 Å². The third-order valence-electron chi connectivity index (χ3n) is 2.13. The third kappa shape index (κ3) is 2.10. The van der Waals surface area contributed by atoms with Gasteiger partial charge in [-0.2, -0.15) is 0 Å². The van der Waals surface area contributed by atoms with E-state index in [0.29, 0.717) is 18.0 Å². The van der Waals surface area contributed by atoms with Crippen molar-refractivity contribution in [3.05, 3.63) is 40.9 Å². The van der Waals surface area contributed by atoms with E-state index in [-0.39, 0.29) is 5.56 Å². The topological polar surface area (TPSA) is 38.9 Å². The molecule has 0 aliphatic heterocycles. The van der Waals surface area contributed by atoms with Crippen LogP contribution in [0.25, 0.3) is 10.6 Å². The Kier molecular flexibility index (Phi) is 3.26. The highest BCUT2D eigenvalue weighted by Crippen LogP contribution is 2.28. The Balaban J connectivity index is 2.42. The van der Waals surface area contributed by atoms with Crippen molar-refractivity contribution in [1.29, 1.82) is 0 Å². The van der Waals surface area contributed by atoms with Gasteiger partial charge in [0.2, 0.25) is 0 Å². The largest absolute Gasteiger partial charge is 0.330 e. The summed E-state index contributed by atoms with van der Waals surface area (Å²) in [5.41, 5.74) is 6.09. The van der Waals surface area contributed by atoms with Crippen LogP contribution in [0.15, 0.2) is 23.6 Å². The molecule has 1 aromatic heterocycles. The molecule has 16 heavy (non-hydrogen) atoms. The lowest BCUT2D eigenvalue weighted by molar-refractivity contribution is 0.589. The standard InChI is InChI=1S/C11H10F2N2S/c12-8-2-1-3-9(13)10(8)11-15-7(4-5-14)6-16-11/h1-3,6H,4-5,14H2. The molecule has 5 heteroatoms. The van der Waals surface area contributed by atoms with Gasteiger partial charge in [0, 0.05) is 11.8 Å². The summed E-state index contributed by atoms with van der Waals surface area (Å²) < 4.78 is 26.9. The summed E-state index contributed by atoms with van der Waals surface area (Å²) in [4.78, 5) is 4.15. The predicted molar refractivity (Wildman–Crippen MR) is 60.2 cm³/mol. The molecule has 0 radical (unpaired) electrons. The van der Waals surface area contributed by atoms with Crippen LogP contribution < -0.4 is 5.73 Å². The second-order valence-electron chi connectivity index (χ2n) is 3.28. The zero-order valence-corrected chi connectivity index (χ0v) is 9.23. The van der Waals surface area contributed by atoms with Crippen LogP contribution in [0.5, 0.6) is 0 Å². The smallest absolute Gasteiger partial charge is 0.136 e. The van der Waals surface area contributed by atoms with Crippen LogP contribution in [-0.4, -0.2) is 11.5 Å². The molecule has 0 aliphatic rings. The molecule has 84 valence electrons. The fourth-order valence-electron chi connectivity index (χ4n) is 1.39. The minimum absolute atomic E-state index is 0.0595. The fraction of sp³-hybridized carbons (Fsp3) is 0.182. The van der Waals surface area contributed by atoms with E-state index in [2.05, 4.69) is 4.98 Å². The van der Waals surface area contributed by atoms with Gasteiger partial charge in [0.25, 0.3) is 0 Å². The minimum Gasteiger partial charge on any atom is -0.330 e. The normalized spacial score (nSPS) is 10.7. The number of rotatable bonds is 3. The van der Waals surface area contributed by atoms with E-state index in [4.69, 9.17) is 5.73 Å². The lowest BCUT2D eigenvalue weighted by Crippen LogP contribution is -2.02. The van der Waals surface area contributed by atoms with Crippen molar-refractivity contribution in [2.75, 3.05) is 6.54 Å². The van der Waals surface area contributed by atoms with Crippen molar-refractivity contribution >= 4 is 11.3 Å². The van der Waals surface area contributed by atoms with E-state index in [1.165, 1.54) is 29.5 Å². The average molecular weight is 240 g/mol. The molecule has 2 aromatic rings. The van der Waals surface area contributed by atoms with Crippen molar-refractivity contribution in [3.63, 3.8) is 0 Å². The number of thiazole rings is 1. The molecule has 0 amide bonds. The Morgan fingerprint density at radius 2 is 1.94 bits per heavy atom. The van der Waals surface area contributed by atoms with Gasteiger partial charge in [0.15, 0.2) is 0 Å². The first-order chi connectivity index (χ1) is 7.72. The third-order valence-corrected chi connectivity index (χ3v) is 3.04. The SMILES string of the molecule is NCCc1csc(-c2c(F)cccc2F)n1. The minimum atomic E-state index is -0.589. The molecule has 0 unspecified atom stereocenters. The molecule has 2 rings (SSSR count). The summed E-state index contributed by atoms with van der Waals surface area (Å²) in [5, 5.41) is 2.13. The number of nitrogens with two attached hydrogens (primary N) is 1. The van der Waals surface area contributed by atoms with Gasteiger partial charge >= 0.3 is 0 Å². The maximum absolute atomic E-state index is 13.4. The van der Waals surface area contributed by atoms with Crippen LogP contribution in [0, 0.1) is 11.6 Å². The summed E-state index contributed by atoms with van der Waals surface area (Å²) in [6.07, 6.45) is 0.618. The van der Waals surface area contributed by atoms with Crippen molar-refractivity contribution in [3.8, 4) is 10.6 Å². The zero-order valence-electron chi connectivity index (χ0n) is 8.41. The van der Waals surface area contributed by atoms with Crippen molar-refractivity contribution < 1.29 is 8.78 Å². The molecule has 0 spiro atoms. The zero-order chi connectivity index (χ0) is 11.5. The molecule has 0 fully saturated rings. The van der Waals surface area contributed by atoms with Crippen LogP contribution in [0.2, 0.25) is 0 Å². The predicted octanol–water partition coefficient (Wildman–Crippen LogP) is 2.59. The molecule has 0 bridgehead atoms. The lowest BCUT2D eigenvalue weighted by atomic mass is 10.2. The number of hydrogen-bond donors (Lipinski definition) is 1. The van der Waals surface area contributed by atoms with Gasteiger partial charge < -0.3 is 5.73 Å². The molecule has 0 atom stereocenters. The molecule has 0 saturated heterocycles. The van der Waals surface area contributed by atoms with Gasteiger partial charge in [-0.25, -0.2) is 13.8 Å². The molecule has 0 saturated carbocycles. The summed E-state index contributed by atoms with van der Waals surface area (Å²) >= 11 is 1.22. The second-order valence-corrected chi connectivity index (χ2v) is 4.14. The molecule has 2 N–H and O–H groups in total. The monoisotopic (exact) mass is 240 g/mol. The van der Waals surface area contributed by atoms with Crippen LogP contribution in [-0.2, 0) is 6.42 Å². The quantitative estimate of drug-likeness (QED) is 0.895. The molecule has 0 aliphatic carbocycles. The molecule has 1 heterocycles. The number of benzene rings is 1. The van der Waals surface area contributed by atoms with E-state index in [1.807, 2.05) is 0 Å². The van der Waals surface area contributed by atoms with E-state index in [1.54, 1.807) is 5.38 Å². The van der Waals surface area contributed by atoms with E-state index < -0.39 is 11.6 Å². The first-order valence-corrected chi connectivity index (χ1v) is 5.69. The number of aromatic nitrogens is 1. The maximum Gasteiger partial charge on any atom is 0.136 e. The fourth-order valence-corrected chi connectivity index (χ4v) is 2.29. The van der Waals surface area contributed by atoms with Crippen molar-refractivity contribution in [2.24, 2.45) is 5.73 Å². The second kappa shape index (κ2) is 4.67. The van der Waals surface area contributed by atoms with Crippen LogP contribution in [0.3, 0.4) is 0 Å². The lowest BCUT2D eigenvalue weighted by Gasteiger charge is -2.00. The Hall–Kier alpha value is -1.33. The van der Waals surface area contributed by atoms with Crippen LogP contribution in [0.1, 0.15) is 5.69 Å². The van der Waals surface area contributed by atoms with Gasteiger partial charge in [-0.05, 0) is 18.7 Å². The maximum atomic E-state index is 13.4. The summed E-state index contributed by atoms with van der Waals surface area (Å²) in [6, 6.07) is 3.79. The number of halogens is 2. The first-order valence-electron chi connectivity index (χ1n) is 4.81. The van der Waals surface area contributed by atoms with Crippen molar-refractivity contribution in [2.45, 2.75) is 6.42 Å². The van der Waals surface area contributed by atoms with Crippen LogP contribution in [0.4, 0.5) is 8.78 Å². The van der Waals surface area contributed by atoms with Gasteiger partial charge in [-0.1, -0.05) is 6.07 Å². The van der Waals surface area contributed by atoms with Crippen molar-refractivity contribution in [1.82, 2.24) is 4.98 Å². The summed E-state index contributed by atoms with van der Waals surface area (Å²) in [7, 11) is 0. The highest BCUT2D eigenvalue weighted by atomic mass is 32.1. The number of hydrogen-bond acceptors (Lipinski definition) is 3. The highest BCUT2D eigenvalue weighted by Gasteiger charge is 2.14. The molecule has 2 nitrogen and oxygen atoms in total. The van der Waals surface area contributed by atoms with E-state index in [9.17, 15) is 8.78 Å². The van der Waals surface area contributed by atoms with Gasteiger partial charge in [0.1, 0.15) is 16.6 Å². The molecule has 1 aromatic carbocycles. The Morgan fingerprint density at radius 3 is 2.56 bits per heavy atom. The van der Waals surface area contributed by atoms with Crippen LogP contribution >= 0.6 is 11.3 Å². The summed E-state index contributed by atoms with van der Waals surface area (Å²) in [6.45, 7) is 0.475. The number of nitrogens with zero attached hydrogens (tertiary/aromatic N) is 1. The molecular weight excluding hydrogens is 230 g/mol. The Morgan fingerprint density at radius 1 is 1.25 bits per heavy atom. The Bertz CT molecular complexity index is 476. The highest BCUT2D eigenvalue weighted by molar-refractivity contribution is 7.13. The van der Waals surface area contributed by atoms with E-state index in [0.717, 1.165) is 5.69 Å². The van der Waals surface area contributed by atoms with Gasteiger partial charge in [0.05, 0.1) is 11.3 Å². The average Bonchev–Trinajstić information content (AvgIpc) is 2.67. The van der Waals surface area contributed by atoms with Gasteiger partial charge in [-0.15, -0.1) is 11.3 Å².